The fraction of sp³-hybridized carbons (Fsp3) is 0.348. The second kappa shape index (κ2) is 11.9. The monoisotopic (exact) mass is 368 g/mol. The molecule has 0 aliphatic heterocycles. The molecule has 0 amide bonds. The van der Waals surface area contributed by atoms with E-state index in [-0.39, 0.29) is 18.7 Å². The van der Waals surface area contributed by atoms with Crippen LogP contribution in [0.2, 0.25) is 0 Å². The lowest BCUT2D eigenvalue weighted by Crippen LogP contribution is -2.12. The number of ether oxygens (including phenoxy) is 3. The summed E-state index contributed by atoms with van der Waals surface area (Å²) >= 11 is 0. The molecule has 0 N–H and O–H groups in total. The second-order valence-corrected chi connectivity index (χ2v) is 6.24. The first kappa shape index (κ1) is 20.7. The van der Waals surface area contributed by atoms with Crippen molar-refractivity contribution in [3.8, 4) is 5.75 Å². The van der Waals surface area contributed by atoms with Crippen molar-refractivity contribution in [2.45, 2.75) is 38.9 Å². The molecule has 4 heteroatoms. The second-order valence-electron chi connectivity index (χ2n) is 6.24. The summed E-state index contributed by atoms with van der Waals surface area (Å²) in [6.07, 6.45) is 6.90. The summed E-state index contributed by atoms with van der Waals surface area (Å²) in [6.45, 7) is 2.99. The number of benzene rings is 2. The Morgan fingerprint density at radius 1 is 1.04 bits per heavy atom. The first-order valence-electron chi connectivity index (χ1n) is 9.34. The quantitative estimate of drug-likeness (QED) is 0.405. The van der Waals surface area contributed by atoms with Gasteiger partial charge in [0.25, 0.3) is 0 Å². The molecule has 0 spiro atoms. The molecule has 0 bridgehead atoms. The molecule has 1 atom stereocenters. The molecule has 27 heavy (non-hydrogen) atoms. The molecule has 0 saturated carbocycles. The minimum Gasteiger partial charge on any atom is -0.497 e. The molecule has 0 unspecified atom stereocenters. The van der Waals surface area contributed by atoms with Crippen molar-refractivity contribution >= 4 is 5.97 Å². The van der Waals surface area contributed by atoms with E-state index in [2.05, 4.69) is 6.92 Å². The molecule has 2 aromatic rings. The van der Waals surface area contributed by atoms with Crippen LogP contribution in [0.15, 0.2) is 66.7 Å². The zero-order valence-corrected chi connectivity index (χ0v) is 16.1. The zero-order valence-electron chi connectivity index (χ0n) is 16.1. The summed E-state index contributed by atoms with van der Waals surface area (Å²) < 4.78 is 16.5. The Bertz CT molecular complexity index is 692. The van der Waals surface area contributed by atoms with Gasteiger partial charge in [0, 0.05) is 0 Å². The van der Waals surface area contributed by atoms with Gasteiger partial charge in [0.05, 0.1) is 25.4 Å². The normalized spacial score (nSPS) is 12.1. The van der Waals surface area contributed by atoms with Crippen LogP contribution in [0.4, 0.5) is 0 Å². The maximum absolute atomic E-state index is 11.9. The predicted molar refractivity (Wildman–Crippen MR) is 107 cm³/mol. The van der Waals surface area contributed by atoms with Gasteiger partial charge in [-0.1, -0.05) is 55.8 Å². The molecule has 4 nitrogen and oxygen atoms in total. The van der Waals surface area contributed by atoms with Gasteiger partial charge in [-0.3, -0.25) is 0 Å². The van der Waals surface area contributed by atoms with Crippen molar-refractivity contribution in [1.82, 2.24) is 0 Å². The molecule has 2 rings (SSSR count). The van der Waals surface area contributed by atoms with Gasteiger partial charge in [-0.05, 0) is 42.7 Å². The van der Waals surface area contributed by atoms with Crippen LogP contribution in [0.25, 0.3) is 0 Å². The minimum absolute atomic E-state index is 0.151. The highest BCUT2D eigenvalue weighted by Crippen LogP contribution is 2.15. The van der Waals surface area contributed by atoms with Gasteiger partial charge in [-0.25, -0.2) is 4.79 Å². The number of rotatable bonds is 11. The number of carbonyl (C=O) groups excluding carboxylic acids is 1. The van der Waals surface area contributed by atoms with Crippen LogP contribution >= 0.6 is 0 Å². The van der Waals surface area contributed by atoms with Gasteiger partial charge in [0.15, 0.2) is 0 Å². The van der Waals surface area contributed by atoms with Crippen molar-refractivity contribution in [2.24, 2.45) is 0 Å². The maximum Gasteiger partial charge on any atom is 0.338 e. The smallest absolute Gasteiger partial charge is 0.338 e. The maximum atomic E-state index is 11.9. The van der Waals surface area contributed by atoms with Crippen LogP contribution in [0.1, 0.15) is 42.1 Å². The van der Waals surface area contributed by atoms with Crippen LogP contribution in [-0.2, 0) is 16.1 Å². The Hall–Kier alpha value is -2.59. The molecule has 0 aliphatic carbocycles. The summed E-state index contributed by atoms with van der Waals surface area (Å²) in [7, 11) is 1.66. The Morgan fingerprint density at radius 3 is 2.44 bits per heavy atom. The van der Waals surface area contributed by atoms with Crippen LogP contribution in [0.5, 0.6) is 5.75 Å². The number of esters is 1. The first-order valence-corrected chi connectivity index (χ1v) is 9.34. The standard InChI is InChI=1S/C23H28O4/c1-3-9-22(27-18-19-13-15-21(25-2)16-14-19)12-7-8-17-26-23(24)20-10-5-4-6-11-20/h4-8,10-11,13-16,22H,3,9,12,17-18H2,1-2H3/b8-7+/t22-/m1/s1. The van der Waals surface area contributed by atoms with E-state index in [0.717, 1.165) is 30.6 Å². The Balaban J connectivity index is 1.72. The zero-order chi connectivity index (χ0) is 19.3. The number of hydrogen-bond acceptors (Lipinski definition) is 4. The summed E-state index contributed by atoms with van der Waals surface area (Å²) in [5.41, 5.74) is 1.69. The number of methoxy groups -OCH3 is 1. The highest BCUT2D eigenvalue weighted by Gasteiger charge is 2.07. The van der Waals surface area contributed by atoms with E-state index in [0.29, 0.717) is 12.2 Å². The van der Waals surface area contributed by atoms with Gasteiger partial charge >= 0.3 is 5.97 Å². The third-order valence-electron chi connectivity index (χ3n) is 4.14. The van der Waals surface area contributed by atoms with E-state index >= 15 is 0 Å². The fourth-order valence-electron chi connectivity index (χ4n) is 2.62. The lowest BCUT2D eigenvalue weighted by atomic mass is 10.1. The molecule has 0 saturated heterocycles. The molecule has 2 aromatic carbocycles. The van der Waals surface area contributed by atoms with Crippen LogP contribution in [0.3, 0.4) is 0 Å². The number of carbonyl (C=O) groups is 1. The van der Waals surface area contributed by atoms with Gasteiger partial charge in [-0.2, -0.15) is 0 Å². The van der Waals surface area contributed by atoms with E-state index in [1.165, 1.54) is 0 Å². The van der Waals surface area contributed by atoms with Gasteiger partial charge in [0.2, 0.25) is 0 Å². The SMILES string of the molecule is CCC[C@H](C/C=C/COC(=O)c1ccccc1)OCc1ccc(OC)cc1. The molecule has 0 heterocycles. The van der Waals surface area contributed by atoms with Gasteiger partial charge < -0.3 is 14.2 Å². The van der Waals surface area contributed by atoms with E-state index in [1.807, 2.05) is 54.6 Å². The highest BCUT2D eigenvalue weighted by atomic mass is 16.5. The Labute approximate surface area is 161 Å². The summed E-state index contributed by atoms with van der Waals surface area (Å²) in [6, 6.07) is 16.9. The fourth-order valence-corrected chi connectivity index (χ4v) is 2.62. The topological polar surface area (TPSA) is 44.8 Å². The Morgan fingerprint density at radius 2 is 1.78 bits per heavy atom. The molecule has 0 aliphatic rings. The Kier molecular flexibility index (Phi) is 9.14. The lowest BCUT2D eigenvalue weighted by Gasteiger charge is -2.16. The van der Waals surface area contributed by atoms with Crippen molar-refractivity contribution in [1.29, 1.82) is 0 Å². The average Bonchev–Trinajstić information content (AvgIpc) is 2.72. The van der Waals surface area contributed by atoms with Gasteiger partial charge in [-0.15, -0.1) is 0 Å². The van der Waals surface area contributed by atoms with E-state index < -0.39 is 0 Å². The third-order valence-corrected chi connectivity index (χ3v) is 4.14. The summed E-state index contributed by atoms with van der Waals surface area (Å²) in [4.78, 5) is 11.9. The van der Waals surface area contributed by atoms with Crippen LogP contribution < -0.4 is 4.74 Å². The molecule has 0 radical (unpaired) electrons. The van der Waals surface area contributed by atoms with E-state index in [4.69, 9.17) is 14.2 Å². The predicted octanol–water partition coefficient (Wildman–Crippen LogP) is 5.18. The molecule has 144 valence electrons. The van der Waals surface area contributed by atoms with Crippen molar-refractivity contribution in [3.63, 3.8) is 0 Å². The first-order chi connectivity index (χ1) is 13.2. The molecule has 0 aromatic heterocycles. The van der Waals surface area contributed by atoms with Gasteiger partial charge in [0.1, 0.15) is 12.4 Å². The molecular formula is C23H28O4. The molecule has 0 fully saturated rings. The van der Waals surface area contributed by atoms with Crippen molar-refractivity contribution < 1.29 is 19.0 Å². The molecular weight excluding hydrogens is 340 g/mol. The van der Waals surface area contributed by atoms with E-state index in [9.17, 15) is 4.79 Å². The van der Waals surface area contributed by atoms with E-state index in [1.54, 1.807) is 19.2 Å². The van der Waals surface area contributed by atoms with Crippen LogP contribution in [0, 0.1) is 0 Å². The minimum atomic E-state index is -0.305. The largest absolute Gasteiger partial charge is 0.497 e. The number of hydrogen-bond donors (Lipinski definition) is 0. The lowest BCUT2D eigenvalue weighted by molar-refractivity contribution is 0.0364. The van der Waals surface area contributed by atoms with Crippen molar-refractivity contribution in [2.75, 3.05) is 13.7 Å². The summed E-state index contributed by atoms with van der Waals surface area (Å²) in [5.74, 6) is 0.540. The average molecular weight is 368 g/mol. The van der Waals surface area contributed by atoms with Crippen LogP contribution in [-0.4, -0.2) is 25.8 Å². The third kappa shape index (κ3) is 7.67. The summed E-state index contributed by atoms with van der Waals surface area (Å²) in [5, 5.41) is 0. The highest BCUT2D eigenvalue weighted by molar-refractivity contribution is 5.89. The van der Waals surface area contributed by atoms with Crippen molar-refractivity contribution in [3.05, 3.63) is 77.9 Å².